The van der Waals surface area contributed by atoms with Gasteiger partial charge in [-0.25, -0.2) is 0 Å². The first-order chi connectivity index (χ1) is 5.31. The van der Waals surface area contributed by atoms with Crippen LogP contribution in [-0.2, 0) is 9.09 Å². The smallest absolute Gasteiger partial charge is 0.143 e. The molecule has 1 unspecified atom stereocenters. The van der Waals surface area contributed by atoms with Gasteiger partial charge in [-0.2, -0.15) is 0 Å². The van der Waals surface area contributed by atoms with Crippen molar-refractivity contribution in [2.45, 2.75) is 33.1 Å². The predicted molar refractivity (Wildman–Crippen MR) is 47.9 cm³/mol. The average molecular weight is 175 g/mol. The monoisotopic (exact) mass is 175 g/mol. The summed E-state index contributed by atoms with van der Waals surface area (Å²) in [6.07, 6.45) is 5.27. The normalized spacial score (nSPS) is 12.4. The fraction of sp³-hybridized carbons (Fsp3) is 0.750. The maximum atomic E-state index is 10.8. The zero-order valence-corrected chi connectivity index (χ0v) is 8.14. The Labute approximate surface area is 69.5 Å². The van der Waals surface area contributed by atoms with Gasteiger partial charge in [-0.3, -0.25) is 0 Å². The lowest BCUT2D eigenvalue weighted by Crippen LogP contribution is -1.73. The molecule has 11 heavy (non-hydrogen) atoms. The van der Waals surface area contributed by atoms with E-state index in [2.05, 4.69) is 6.92 Å². The molecule has 0 aromatic heterocycles. The van der Waals surface area contributed by atoms with Gasteiger partial charge in [0.05, 0.1) is 0 Å². The molecule has 0 aliphatic rings. The van der Waals surface area contributed by atoms with Gasteiger partial charge in [-0.05, 0) is 30.4 Å². The molecule has 0 heterocycles. The Morgan fingerprint density at radius 1 is 1.45 bits per heavy atom. The van der Waals surface area contributed by atoms with Gasteiger partial charge in [0.25, 0.3) is 0 Å². The lowest BCUT2D eigenvalue weighted by molar-refractivity contribution is 0.356. The number of allylic oxidation sites excluding steroid dienone is 1. The third-order valence-corrected chi connectivity index (χ3v) is 2.17. The van der Waals surface area contributed by atoms with Gasteiger partial charge >= 0.3 is 8.03 Å². The Morgan fingerprint density at radius 3 is 2.73 bits per heavy atom. The molecule has 1 atom stereocenters. The third-order valence-electron chi connectivity index (χ3n) is 1.21. The molecule has 0 aliphatic carbocycles. The van der Waals surface area contributed by atoms with Crippen LogP contribution in [0, 0.1) is 0 Å². The van der Waals surface area contributed by atoms with Crippen LogP contribution in [0.2, 0.25) is 0 Å². The molecule has 0 spiro atoms. The van der Waals surface area contributed by atoms with Crippen LogP contribution in [0.3, 0.4) is 0 Å². The van der Waals surface area contributed by atoms with Crippen molar-refractivity contribution in [1.29, 1.82) is 0 Å². The highest BCUT2D eigenvalue weighted by molar-refractivity contribution is 7.42. The van der Waals surface area contributed by atoms with Crippen LogP contribution >= 0.6 is 8.03 Å². The van der Waals surface area contributed by atoms with Crippen molar-refractivity contribution in [2.24, 2.45) is 0 Å². The van der Waals surface area contributed by atoms with Gasteiger partial charge in [-0.1, -0.05) is 13.3 Å². The van der Waals surface area contributed by atoms with Gasteiger partial charge in [0.15, 0.2) is 5.82 Å². The van der Waals surface area contributed by atoms with Gasteiger partial charge in [0, 0.05) is 0 Å². The fourth-order valence-corrected chi connectivity index (χ4v) is 1.31. The highest BCUT2D eigenvalue weighted by Crippen LogP contribution is 2.23. The number of rotatable bonds is 6. The minimum atomic E-state index is -1.53. The van der Waals surface area contributed by atoms with Crippen molar-refractivity contribution in [3.63, 3.8) is 0 Å². The Hall–Kier alpha value is -0.200. The van der Waals surface area contributed by atoms with Crippen LogP contribution < -0.4 is 0 Å². The molecule has 2 nitrogen and oxygen atoms in total. The summed E-state index contributed by atoms with van der Waals surface area (Å²) in [7, 11) is -1.53. The van der Waals surface area contributed by atoms with E-state index >= 15 is 0 Å². The summed E-state index contributed by atoms with van der Waals surface area (Å²) in [5.74, 6) is 1.65. The summed E-state index contributed by atoms with van der Waals surface area (Å²) >= 11 is 0. The average Bonchev–Trinajstić information content (AvgIpc) is 1.99. The summed E-state index contributed by atoms with van der Waals surface area (Å²) in [6, 6.07) is 0. The van der Waals surface area contributed by atoms with Crippen molar-refractivity contribution in [3.05, 3.63) is 11.9 Å². The predicted octanol–water partition coefficient (Wildman–Crippen LogP) is 3.47. The molecule has 0 amide bonds. The SMILES string of the molecule is CCCCC=C[P+](=O)OCC. The number of hydrogen-bond donors (Lipinski definition) is 0. The van der Waals surface area contributed by atoms with Crippen LogP contribution in [0.1, 0.15) is 33.1 Å². The van der Waals surface area contributed by atoms with E-state index in [9.17, 15) is 4.57 Å². The summed E-state index contributed by atoms with van der Waals surface area (Å²) in [5, 5.41) is 0. The van der Waals surface area contributed by atoms with E-state index < -0.39 is 8.03 Å². The first kappa shape index (κ1) is 10.8. The molecule has 0 aromatic carbocycles. The minimum Gasteiger partial charge on any atom is -0.143 e. The fourth-order valence-electron chi connectivity index (χ4n) is 0.653. The minimum absolute atomic E-state index is 0.521. The van der Waals surface area contributed by atoms with Crippen LogP contribution in [0.25, 0.3) is 0 Å². The van der Waals surface area contributed by atoms with Gasteiger partial charge in [0.1, 0.15) is 6.61 Å². The standard InChI is InChI=1S/C8H16O2P/c1-3-5-6-7-8-11(9)10-4-2/h7-8H,3-6H2,1-2H3/q+1. The molecule has 0 radical (unpaired) electrons. The molecular formula is C8H16O2P+. The van der Waals surface area contributed by atoms with E-state index in [1.54, 1.807) is 5.82 Å². The van der Waals surface area contributed by atoms with E-state index in [1.807, 2.05) is 13.0 Å². The van der Waals surface area contributed by atoms with E-state index in [4.69, 9.17) is 4.52 Å². The van der Waals surface area contributed by atoms with Gasteiger partial charge < -0.3 is 0 Å². The molecule has 0 rings (SSSR count). The summed E-state index contributed by atoms with van der Waals surface area (Å²) in [4.78, 5) is 0. The molecule has 0 saturated carbocycles. The second-order valence-corrected chi connectivity index (χ2v) is 3.36. The molecule has 0 fully saturated rings. The van der Waals surface area contributed by atoms with E-state index in [0.717, 1.165) is 12.8 Å². The summed E-state index contributed by atoms with van der Waals surface area (Å²) < 4.78 is 15.7. The zero-order valence-electron chi connectivity index (χ0n) is 7.25. The van der Waals surface area contributed by atoms with Gasteiger partial charge in [0.2, 0.25) is 0 Å². The zero-order chi connectivity index (χ0) is 8.53. The highest BCUT2D eigenvalue weighted by atomic mass is 31.1. The van der Waals surface area contributed by atoms with Crippen molar-refractivity contribution in [1.82, 2.24) is 0 Å². The van der Waals surface area contributed by atoms with Crippen LogP contribution in [0.4, 0.5) is 0 Å². The molecule has 0 aromatic rings. The van der Waals surface area contributed by atoms with Crippen LogP contribution in [0.15, 0.2) is 11.9 Å². The van der Waals surface area contributed by atoms with Crippen molar-refractivity contribution in [3.8, 4) is 0 Å². The van der Waals surface area contributed by atoms with E-state index in [-0.39, 0.29) is 0 Å². The lowest BCUT2D eigenvalue weighted by atomic mass is 10.2. The maximum Gasteiger partial charge on any atom is 0.540 e. The lowest BCUT2D eigenvalue weighted by Gasteiger charge is -1.83. The molecule has 0 N–H and O–H groups in total. The summed E-state index contributed by atoms with van der Waals surface area (Å²) in [6.45, 7) is 4.50. The molecule has 64 valence electrons. The topological polar surface area (TPSA) is 26.3 Å². The molecule has 0 bridgehead atoms. The Morgan fingerprint density at radius 2 is 2.18 bits per heavy atom. The van der Waals surface area contributed by atoms with Crippen LogP contribution in [-0.4, -0.2) is 6.61 Å². The number of hydrogen-bond acceptors (Lipinski definition) is 2. The Bertz CT molecular complexity index is 132. The Balaban J connectivity index is 3.32. The molecule has 3 heteroatoms. The second kappa shape index (κ2) is 7.90. The molecule has 0 aliphatic heterocycles. The largest absolute Gasteiger partial charge is 0.540 e. The molecular weight excluding hydrogens is 159 g/mol. The van der Waals surface area contributed by atoms with Gasteiger partial charge in [-0.15, -0.1) is 4.52 Å². The van der Waals surface area contributed by atoms with Crippen molar-refractivity contribution >= 4 is 8.03 Å². The van der Waals surface area contributed by atoms with Crippen LogP contribution in [0.5, 0.6) is 0 Å². The quantitative estimate of drug-likeness (QED) is 0.456. The Kier molecular flexibility index (Phi) is 7.76. The van der Waals surface area contributed by atoms with Crippen molar-refractivity contribution in [2.75, 3.05) is 6.61 Å². The van der Waals surface area contributed by atoms with Crippen molar-refractivity contribution < 1.29 is 9.09 Å². The highest BCUT2D eigenvalue weighted by Gasteiger charge is 2.08. The third kappa shape index (κ3) is 7.70. The molecule has 0 saturated heterocycles. The van der Waals surface area contributed by atoms with E-state index in [0.29, 0.717) is 6.61 Å². The van der Waals surface area contributed by atoms with E-state index in [1.165, 1.54) is 6.42 Å². The number of unbranched alkanes of at least 4 members (excludes halogenated alkanes) is 2. The first-order valence-corrected chi connectivity index (χ1v) is 5.31. The second-order valence-electron chi connectivity index (χ2n) is 2.23. The maximum absolute atomic E-state index is 10.8. The summed E-state index contributed by atoms with van der Waals surface area (Å²) in [5.41, 5.74) is 0. The first-order valence-electron chi connectivity index (χ1n) is 4.07.